The summed E-state index contributed by atoms with van der Waals surface area (Å²) in [5.41, 5.74) is 2.55. The summed E-state index contributed by atoms with van der Waals surface area (Å²) in [7, 11) is 0. The molecule has 0 spiro atoms. The number of nitrogens with zero attached hydrogens (tertiary/aromatic N) is 2. The number of carboxylic acid groups (broad SMARTS) is 1. The summed E-state index contributed by atoms with van der Waals surface area (Å²) < 4.78 is 1.68. The quantitative estimate of drug-likeness (QED) is 0.909. The maximum Gasteiger partial charge on any atom is 0.321 e. The van der Waals surface area contributed by atoms with E-state index in [1.807, 2.05) is 37.3 Å². The van der Waals surface area contributed by atoms with E-state index < -0.39 is 12.0 Å². The Balaban J connectivity index is 1.95. The van der Waals surface area contributed by atoms with Crippen LogP contribution in [0.2, 0.25) is 5.15 Å². The fourth-order valence-corrected chi connectivity index (χ4v) is 4.11. The van der Waals surface area contributed by atoms with Crippen LogP contribution in [0.25, 0.3) is 5.69 Å². The van der Waals surface area contributed by atoms with Crippen molar-refractivity contribution in [2.75, 3.05) is 5.75 Å². The highest BCUT2D eigenvalue weighted by Gasteiger charge is 2.34. The van der Waals surface area contributed by atoms with Gasteiger partial charge in [-0.3, -0.25) is 10.1 Å². The maximum absolute atomic E-state index is 11.0. The second-order valence-electron chi connectivity index (χ2n) is 4.81. The first-order chi connectivity index (χ1) is 10.1. The summed E-state index contributed by atoms with van der Waals surface area (Å²) in [6, 6.07) is 9.09. The van der Waals surface area contributed by atoms with E-state index in [1.165, 1.54) is 11.8 Å². The fraction of sp³-hybridized carbons (Fsp3) is 0.286. The largest absolute Gasteiger partial charge is 0.480 e. The van der Waals surface area contributed by atoms with E-state index in [0.717, 1.165) is 16.9 Å². The first-order valence-electron chi connectivity index (χ1n) is 6.49. The maximum atomic E-state index is 11.0. The first kappa shape index (κ1) is 14.4. The van der Waals surface area contributed by atoms with Gasteiger partial charge in [0, 0.05) is 11.3 Å². The zero-order valence-corrected chi connectivity index (χ0v) is 12.9. The van der Waals surface area contributed by atoms with Crippen LogP contribution >= 0.6 is 23.4 Å². The number of nitrogens with one attached hydrogen (secondary N) is 1. The van der Waals surface area contributed by atoms with E-state index in [1.54, 1.807) is 4.68 Å². The molecular formula is C14H14ClN3O2S. The number of hydrogen-bond acceptors (Lipinski definition) is 4. The Morgan fingerprint density at radius 1 is 1.48 bits per heavy atom. The Morgan fingerprint density at radius 2 is 2.19 bits per heavy atom. The third-order valence-corrected chi connectivity index (χ3v) is 4.99. The highest BCUT2D eigenvalue weighted by molar-refractivity contribution is 7.99. The minimum absolute atomic E-state index is 0.143. The van der Waals surface area contributed by atoms with Gasteiger partial charge in [-0.1, -0.05) is 29.8 Å². The molecule has 1 fully saturated rings. The number of hydrogen-bond donors (Lipinski definition) is 2. The summed E-state index contributed by atoms with van der Waals surface area (Å²) in [5.74, 6) is -0.319. The van der Waals surface area contributed by atoms with Crippen LogP contribution in [0.4, 0.5) is 0 Å². The van der Waals surface area contributed by atoms with Gasteiger partial charge in [-0.15, -0.1) is 11.8 Å². The van der Waals surface area contributed by atoms with Gasteiger partial charge < -0.3 is 5.11 Å². The van der Waals surface area contributed by atoms with Gasteiger partial charge in [0.2, 0.25) is 0 Å². The van der Waals surface area contributed by atoms with Gasteiger partial charge in [-0.2, -0.15) is 5.10 Å². The van der Waals surface area contributed by atoms with Crippen LogP contribution in [-0.2, 0) is 4.79 Å². The van der Waals surface area contributed by atoms with E-state index in [9.17, 15) is 4.79 Å². The molecule has 5 nitrogen and oxygen atoms in total. The Hall–Kier alpha value is -1.50. The van der Waals surface area contributed by atoms with Crippen LogP contribution in [0.5, 0.6) is 0 Å². The smallest absolute Gasteiger partial charge is 0.321 e. The molecule has 1 aliphatic heterocycles. The predicted molar refractivity (Wildman–Crippen MR) is 83.1 cm³/mol. The van der Waals surface area contributed by atoms with E-state index in [0.29, 0.717) is 10.9 Å². The molecule has 1 aromatic carbocycles. The molecule has 0 unspecified atom stereocenters. The standard InChI is InChI=1S/C14H14ClN3O2S/c1-8-11(13-16-10(7-21-13)14(19)20)12(15)18(17-8)9-5-3-2-4-6-9/h2-6,10,13,16H,7H2,1H3,(H,19,20)/t10-,13-/m0/s1. The van der Waals surface area contributed by atoms with Gasteiger partial charge >= 0.3 is 5.97 Å². The molecule has 21 heavy (non-hydrogen) atoms. The van der Waals surface area contributed by atoms with Gasteiger partial charge in [-0.25, -0.2) is 4.68 Å². The molecule has 2 N–H and O–H groups in total. The molecule has 1 aliphatic rings. The number of carboxylic acids is 1. The molecule has 0 aliphatic carbocycles. The molecular weight excluding hydrogens is 310 g/mol. The third-order valence-electron chi connectivity index (χ3n) is 3.39. The zero-order chi connectivity index (χ0) is 15.0. The van der Waals surface area contributed by atoms with Crippen LogP contribution in [-0.4, -0.2) is 32.7 Å². The summed E-state index contributed by atoms with van der Waals surface area (Å²) in [5, 5.41) is 17.0. The lowest BCUT2D eigenvalue weighted by Gasteiger charge is -2.11. The molecule has 2 aromatic rings. The van der Waals surface area contributed by atoms with Crippen LogP contribution < -0.4 is 5.32 Å². The van der Waals surface area contributed by atoms with Crippen LogP contribution in [0, 0.1) is 6.92 Å². The van der Waals surface area contributed by atoms with Crippen LogP contribution in [0.3, 0.4) is 0 Å². The van der Waals surface area contributed by atoms with Crippen molar-refractivity contribution in [2.45, 2.75) is 18.3 Å². The predicted octanol–water partition coefficient (Wildman–Crippen LogP) is 2.62. The Bertz CT molecular complexity index is 674. The number of rotatable bonds is 3. The number of para-hydroxylation sites is 1. The van der Waals surface area contributed by atoms with Crippen LogP contribution in [0.1, 0.15) is 16.6 Å². The number of thioether (sulfide) groups is 1. The Kier molecular flexibility index (Phi) is 3.93. The van der Waals surface area contributed by atoms with Gasteiger partial charge in [0.05, 0.1) is 16.8 Å². The summed E-state index contributed by atoms with van der Waals surface area (Å²) >= 11 is 8.01. The van der Waals surface area contributed by atoms with Gasteiger partial charge in [0.1, 0.15) is 11.2 Å². The van der Waals surface area contributed by atoms with Crippen molar-refractivity contribution in [2.24, 2.45) is 0 Å². The fourth-order valence-electron chi connectivity index (χ4n) is 2.33. The second kappa shape index (κ2) is 5.71. The van der Waals surface area contributed by atoms with E-state index in [-0.39, 0.29) is 5.37 Å². The van der Waals surface area contributed by atoms with E-state index in [4.69, 9.17) is 16.7 Å². The first-order valence-corrected chi connectivity index (χ1v) is 7.91. The minimum atomic E-state index is -0.839. The Labute approximate surface area is 131 Å². The van der Waals surface area contributed by atoms with Crippen molar-refractivity contribution in [3.8, 4) is 5.69 Å². The zero-order valence-electron chi connectivity index (χ0n) is 11.3. The number of aryl methyl sites for hydroxylation is 1. The number of benzene rings is 1. The van der Waals surface area contributed by atoms with E-state index >= 15 is 0 Å². The molecule has 3 rings (SSSR count). The monoisotopic (exact) mass is 323 g/mol. The number of halogens is 1. The molecule has 0 bridgehead atoms. The molecule has 0 saturated carbocycles. The van der Waals surface area contributed by atoms with Crippen molar-refractivity contribution in [3.63, 3.8) is 0 Å². The van der Waals surface area contributed by atoms with Gasteiger partial charge in [0.15, 0.2) is 0 Å². The van der Waals surface area contributed by atoms with Crippen molar-refractivity contribution >= 4 is 29.3 Å². The molecule has 2 atom stereocenters. The second-order valence-corrected chi connectivity index (χ2v) is 6.30. The minimum Gasteiger partial charge on any atom is -0.480 e. The van der Waals surface area contributed by atoms with Gasteiger partial charge in [-0.05, 0) is 19.1 Å². The van der Waals surface area contributed by atoms with Crippen LogP contribution in [0.15, 0.2) is 30.3 Å². The molecule has 2 heterocycles. The molecule has 1 saturated heterocycles. The number of carbonyl (C=O) groups is 1. The molecule has 1 aromatic heterocycles. The van der Waals surface area contributed by atoms with Crippen molar-refractivity contribution < 1.29 is 9.90 Å². The third kappa shape index (κ3) is 2.66. The summed E-state index contributed by atoms with van der Waals surface area (Å²) in [4.78, 5) is 11.0. The normalized spacial score (nSPS) is 21.6. The summed E-state index contributed by atoms with van der Waals surface area (Å²) in [6.45, 7) is 1.89. The average molecular weight is 324 g/mol. The molecule has 0 radical (unpaired) electrons. The van der Waals surface area contributed by atoms with Crippen molar-refractivity contribution in [1.29, 1.82) is 0 Å². The lowest BCUT2D eigenvalue weighted by molar-refractivity contribution is -0.138. The van der Waals surface area contributed by atoms with Crippen molar-refractivity contribution in [1.82, 2.24) is 15.1 Å². The van der Waals surface area contributed by atoms with E-state index in [2.05, 4.69) is 10.4 Å². The molecule has 110 valence electrons. The molecule has 0 amide bonds. The highest BCUT2D eigenvalue weighted by atomic mass is 35.5. The Morgan fingerprint density at radius 3 is 2.81 bits per heavy atom. The lowest BCUT2D eigenvalue weighted by Crippen LogP contribution is -2.33. The lowest BCUT2D eigenvalue weighted by atomic mass is 10.2. The summed E-state index contributed by atoms with van der Waals surface area (Å²) in [6.07, 6.45) is 0. The highest BCUT2D eigenvalue weighted by Crippen LogP contribution is 2.39. The topological polar surface area (TPSA) is 67.2 Å². The average Bonchev–Trinajstić information content (AvgIpc) is 3.05. The van der Waals surface area contributed by atoms with Gasteiger partial charge in [0.25, 0.3) is 0 Å². The van der Waals surface area contributed by atoms with Crippen molar-refractivity contribution in [3.05, 3.63) is 46.7 Å². The molecule has 7 heteroatoms. The number of aromatic nitrogens is 2. The SMILES string of the molecule is Cc1nn(-c2ccccc2)c(Cl)c1[C@H]1N[C@H](C(=O)O)CS1. The number of aliphatic carboxylic acids is 1.